The first-order chi connectivity index (χ1) is 19.9. The molecule has 0 unspecified atom stereocenters. The first-order valence-electron chi connectivity index (χ1n) is 14.1. The smallest absolute Gasteiger partial charge is 0.416 e. The highest BCUT2D eigenvalue weighted by Gasteiger charge is 2.30. The van der Waals surface area contributed by atoms with Gasteiger partial charge < -0.3 is 10.1 Å². The van der Waals surface area contributed by atoms with E-state index in [1.54, 1.807) is 24.5 Å². The normalized spacial score (nSPS) is 17.8. The van der Waals surface area contributed by atoms with E-state index in [1.807, 2.05) is 20.8 Å². The van der Waals surface area contributed by atoms with Crippen LogP contribution in [0.25, 0.3) is 22.4 Å². The number of nitrogens with zero attached hydrogens (tertiary/aromatic N) is 5. The van der Waals surface area contributed by atoms with E-state index in [2.05, 4.69) is 35.5 Å². The molecule has 5 rings (SSSR count). The molecule has 3 heterocycles. The summed E-state index contributed by atoms with van der Waals surface area (Å²) in [7, 11) is 0. The van der Waals surface area contributed by atoms with Crippen molar-refractivity contribution in [3.63, 3.8) is 0 Å². The molecule has 0 saturated heterocycles. The van der Waals surface area contributed by atoms with E-state index < -0.39 is 17.3 Å². The zero-order valence-corrected chi connectivity index (χ0v) is 23.8. The molecule has 0 spiro atoms. The van der Waals surface area contributed by atoms with Gasteiger partial charge >= 0.3 is 12.1 Å². The lowest BCUT2D eigenvalue weighted by Crippen LogP contribution is -2.30. The van der Waals surface area contributed by atoms with Crippen LogP contribution in [0, 0.1) is 5.92 Å². The van der Waals surface area contributed by atoms with Crippen LogP contribution in [0.15, 0.2) is 42.7 Å². The topological polar surface area (TPSA) is 119 Å². The molecule has 2 N–H and O–H groups in total. The molecule has 3 aromatic heterocycles. The lowest BCUT2D eigenvalue weighted by molar-refractivity contribution is -0.156. The van der Waals surface area contributed by atoms with Crippen LogP contribution in [0.5, 0.6) is 0 Å². The van der Waals surface area contributed by atoms with Gasteiger partial charge in [-0.1, -0.05) is 18.2 Å². The van der Waals surface area contributed by atoms with E-state index in [4.69, 9.17) is 4.74 Å². The third kappa shape index (κ3) is 7.59. The van der Waals surface area contributed by atoms with E-state index in [9.17, 15) is 18.0 Å². The Balaban J connectivity index is 1.19. The number of benzene rings is 1. The van der Waals surface area contributed by atoms with Crippen LogP contribution in [0.2, 0.25) is 0 Å². The van der Waals surface area contributed by atoms with Crippen molar-refractivity contribution in [1.82, 2.24) is 30.1 Å². The molecule has 1 saturated carbocycles. The Bertz CT molecular complexity index is 1540. The maximum atomic E-state index is 13.0. The van der Waals surface area contributed by atoms with Crippen molar-refractivity contribution in [3.05, 3.63) is 59.7 Å². The lowest BCUT2D eigenvalue weighted by atomic mass is 9.84. The standard InChI is InChI=1S/C30H34F3N7O2/c1-29(2,3)42-25(41)16-19-7-10-21(11-8-19)36-28-35-17-22-26(39-40-27(22)38-28)23-13-14-34-24(37-23)12-9-18-5-4-6-20(15-18)30(31,32)33/h4-6,13-15,17,19,21H,7-12,16H2,1-3H3,(H2,35,36,38,39,40). The van der Waals surface area contributed by atoms with Gasteiger partial charge in [-0.3, -0.25) is 9.89 Å². The Morgan fingerprint density at radius 2 is 1.83 bits per heavy atom. The predicted octanol–water partition coefficient (Wildman–Crippen LogP) is 6.32. The van der Waals surface area contributed by atoms with E-state index in [0.29, 0.717) is 64.9 Å². The van der Waals surface area contributed by atoms with Gasteiger partial charge in [0.1, 0.15) is 11.4 Å². The predicted molar refractivity (Wildman–Crippen MR) is 151 cm³/mol. The maximum absolute atomic E-state index is 13.0. The van der Waals surface area contributed by atoms with Gasteiger partial charge in [-0.15, -0.1) is 0 Å². The van der Waals surface area contributed by atoms with Gasteiger partial charge in [0.05, 0.1) is 22.3 Å². The summed E-state index contributed by atoms with van der Waals surface area (Å²) in [4.78, 5) is 30.1. The molecule has 0 bridgehead atoms. The fourth-order valence-electron chi connectivity index (χ4n) is 5.20. The average Bonchev–Trinajstić information content (AvgIpc) is 3.35. The molecule has 0 amide bonds. The summed E-state index contributed by atoms with van der Waals surface area (Å²) >= 11 is 0. The number of hydrogen-bond donors (Lipinski definition) is 2. The Labute approximate surface area is 241 Å². The molecule has 222 valence electrons. The van der Waals surface area contributed by atoms with E-state index in [0.717, 1.165) is 37.8 Å². The minimum atomic E-state index is -4.38. The highest BCUT2D eigenvalue weighted by molar-refractivity contribution is 5.89. The molecule has 42 heavy (non-hydrogen) atoms. The third-order valence-corrected chi connectivity index (χ3v) is 7.22. The summed E-state index contributed by atoms with van der Waals surface area (Å²) in [5.41, 5.74) is 1.16. The van der Waals surface area contributed by atoms with Crippen molar-refractivity contribution in [2.24, 2.45) is 5.92 Å². The highest BCUT2D eigenvalue weighted by atomic mass is 19.4. The number of H-pyrrole nitrogens is 1. The number of carbonyl (C=O) groups is 1. The molecule has 0 aliphatic heterocycles. The Kier molecular flexibility index (Phi) is 8.42. The van der Waals surface area contributed by atoms with Crippen LogP contribution < -0.4 is 5.32 Å². The minimum Gasteiger partial charge on any atom is -0.460 e. The number of rotatable bonds is 8. The molecule has 1 aliphatic carbocycles. The fraction of sp³-hybridized carbons (Fsp3) is 0.467. The molecule has 1 aliphatic rings. The van der Waals surface area contributed by atoms with Crippen LogP contribution >= 0.6 is 0 Å². The van der Waals surface area contributed by atoms with Gasteiger partial charge in [-0.05, 0) is 76.5 Å². The quantitative estimate of drug-likeness (QED) is 0.232. The molecule has 12 heteroatoms. The second kappa shape index (κ2) is 12.0. The zero-order chi connectivity index (χ0) is 29.9. The van der Waals surface area contributed by atoms with Crippen LogP contribution in [0.4, 0.5) is 19.1 Å². The zero-order valence-electron chi connectivity index (χ0n) is 23.8. The number of aromatic nitrogens is 6. The molecular weight excluding hydrogens is 547 g/mol. The molecule has 0 atom stereocenters. The molecule has 4 aromatic rings. The van der Waals surface area contributed by atoms with Crippen molar-refractivity contribution in [1.29, 1.82) is 0 Å². The number of anilines is 1. The number of ether oxygens (including phenoxy) is 1. The SMILES string of the molecule is CC(C)(C)OC(=O)CC1CCC(Nc2ncc3c(-c4ccnc(CCc5cccc(C(F)(F)F)c5)n4)[nH]nc3n2)CC1. The molecule has 1 aromatic carbocycles. The van der Waals surface area contributed by atoms with Gasteiger partial charge in [0.2, 0.25) is 5.95 Å². The van der Waals surface area contributed by atoms with Crippen LogP contribution in [0.3, 0.4) is 0 Å². The van der Waals surface area contributed by atoms with Crippen molar-refractivity contribution >= 4 is 23.0 Å². The van der Waals surface area contributed by atoms with Crippen molar-refractivity contribution in [2.75, 3.05) is 5.32 Å². The summed E-state index contributed by atoms with van der Waals surface area (Å²) < 4.78 is 44.6. The first kappa shape index (κ1) is 29.4. The second-order valence-electron chi connectivity index (χ2n) is 11.7. The summed E-state index contributed by atoms with van der Waals surface area (Å²) in [6.07, 6.45) is 3.80. The second-order valence-corrected chi connectivity index (χ2v) is 11.7. The third-order valence-electron chi connectivity index (χ3n) is 7.22. The molecular formula is C30H34F3N7O2. The highest BCUT2D eigenvalue weighted by Crippen LogP contribution is 2.31. The summed E-state index contributed by atoms with van der Waals surface area (Å²) in [6, 6.07) is 7.24. The summed E-state index contributed by atoms with van der Waals surface area (Å²) in [5.74, 6) is 1.17. The molecule has 9 nitrogen and oxygen atoms in total. The van der Waals surface area contributed by atoms with Crippen molar-refractivity contribution in [3.8, 4) is 11.4 Å². The number of aryl methyl sites for hydroxylation is 2. The number of esters is 1. The van der Waals surface area contributed by atoms with Crippen LogP contribution in [-0.2, 0) is 28.5 Å². The number of aromatic amines is 1. The van der Waals surface area contributed by atoms with E-state index in [1.165, 1.54) is 6.07 Å². The van der Waals surface area contributed by atoms with Gasteiger partial charge in [0, 0.05) is 31.3 Å². The van der Waals surface area contributed by atoms with E-state index >= 15 is 0 Å². The first-order valence-corrected chi connectivity index (χ1v) is 14.1. The number of carbonyl (C=O) groups excluding carboxylic acids is 1. The van der Waals surface area contributed by atoms with Crippen molar-refractivity contribution < 1.29 is 22.7 Å². The van der Waals surface area contributed by atoms with Crippen molar-refractivity contribution in [2.45, 2.75) is 83.5 Å². The number of halogens is 3. The minimum absolute atomic E-state index is 0.145. The van der Waals surface area contributed by atoms with Gasteiger partial charge in [-0.25, -0.2) is 15.0 Å². The largest absolute Gasteiger partial charge is 0.460 e. The van der Waals surface area contributed by atoms with E-state index in [-0.39, 0.29) is 12.0 Å². The average molecular weight is 582 g/mol. The lowest BCUT2D eigenvalue weighted by Gasteiger charge is -2.29. The fourth-order valence-corrected chi connectivity index (χ4v) is 5.20. The maximum Gasteiger partial charge on any atom is 0.416 e. The number of hydrogen-bond acceptors (Lipinski definition) is 8. The Morgan fingerprint density at radius 1 is 1.05 bits per heavy atom. The summed E-state index contributed by atoms with van der Waals surface area (Å²) in [6.45, 7) is 5.64. The van der Waals surface area contributed by atoms with Crippen LogP contribution in [0.1, 0.15) is 69.8 Å². The van der Waals surface area contributed by atoms with Gasteiger partial charge in [0.15, 0.2) is 5.65 Å². The number of alkyl halides is 3. The summed E-state index contributed by atoms with van der Waals surface area (Å²) in [5, 5.41) is 11.4. The Morgan fingerprint density at radius 3 is 2.57 bits per heavy atom. The number of nitrogens with one attached hydrogen (secondary N) is 2. The Hall–Kier alpha value is -4.09. The number of fused-ring (bicyclic) bond motifs is 1. The van der Waals surface area contributed by atoms with Gasteiger partial charge in [0.25, 0.3) is 0 Å². The molecule has 0 radical (unpaired) electrons. The van der Waals surface area contributed by atoms with Gasteiger partial charge in [-0.2, -0.15) is 23.3 Å². The monoisotopic (exact) mass is 581 g/mol. The van der Waals surface area contributed by atoms with Crippen LogP contribution in [-0.4, -0.2) is 47.7 Å². The molecule has 1 fully saturated rings.